The summed E-state index contributed by atoms with van der Waals surface area (Å²) >= 11 is 0. The monoisotopic (exact) mass is 280 g/mol. The zero-order chi connectivity index (χ0) is 14.4. The molecule has 1 fully saturated rings. The highest BCUT2D eigenvalue weighted by atomic mass is 16.5. The quantitative estimate of drug-likeness (QED) is 0.685. The van der Waals surface area contributed by atoms with Crippen molar-refractivity contribution in [3.63, 3.8) is 0 Å². The molecule has 1 aliphatic rings. The molecule has 1 aromatic carbocycles. The lowest BCUT2D eigenvalue weighted by molar-refractivity contribution is -0.0339. The van der Waals surface area contributed by atoms with Gasteiger partial charge in [0.25, 0.3) is 0 Å². The molecule has 112 valence electrons. The molecular weight excluding hydrogens is 256 g/mol. The normalized spacial score (nSPS) is 19.4. The van der Waals surface area contributed by atoms with Crippen LogP contribution in [0.1, 0.15) is 32.1 Å². The number of nitrogens with two attached hydrogens (primary N) is 2. The first-order valence-electron chi connectivity index (χ1n) is 7.19. The highest BCUT2D eigenvalue weighted by Gasteiger charge is 2.29. The van der Waals surface area contributed by atoms with E-state index in [9.17, 15) is 5.11 Å². The summed E-state index contributed by atoms with van der Waals surface area (Å²) in [5, 5.41) is 10.4. The van der Waals surface area contributed by atoms with Gasteiger partial charge in [-0.05, 0) is 25.0 Å². The molecule has 0 heterocycles. The van der Waals surface area contributed by atoms with Gasteiger partial charge in [-0.1, -0.05) is 25.3 Å². The zero-order valence-electron chi connectivity index (χ0n) is 11.8. The van der Waals surface area contributed by atoms with E-state index in [1.807, 2.05) is 12.1 Å². The van der Waals surface area contributed by atoms with Crippen molar-refractivity contribution in [2.24, 2.45) is 11.5 Å². The topological polar surface area (TPSA) is 90.7 Å². The van der Waals surface area contributed by atoms with Crippen LogP contribution in [0.2, 0.25) is 0 Å². The van der Waals surface area contributed by atoms with Gasteiger partial charge in [0, 0.05) is 12.6 Å². The van der Waals surface area contributed by atoms with E-state index in [0.717, 1.165) is 25.7 Å². The molecular formula is C15H24N2O3. The first-order chi connectivity index (χ1) is 9.61. The second kappa shape index (κ2) is 6.92. The van der Waals surface area contributed by atoms with E-state index in [2.05, 4.69) is 0 Å². The van der Waals surface area contributed by atoms with Crippen molar-refractivity contribution in [3.8, 4) is 11.5 Å². The number of ether oxygens (including phenoxy) is 2. The summed E-state index contributed by atoms with van der Waals surface area (Å²) in [6, 6.07) is 7.24. The minimum Gasteiger partial charge on any atom is -0.490 e. The first-order valence-corrected chi connectivity index (χ1v) is 7.19. The van der Waals surface area contributed by atoms with Gasteiger partial charge in [0.15, 0.2) is 6.23 Å². The van der Waals surface area contributed by atoms with Gasteiger partial charge in [-0.2, -0.15) is 0 Å². The van der Waals surface area contributed by atoms with E-state index < -0.39 is 11.8 Å². The molecule has 0 bridgehead atoms. The van der Waals surface area contributed by atoms with E-state index in [1.54, 1.807) is 12.1 Å². The maximum absolute atomic E-state index is 10.4. The summed E-state index contributed by atoms with van der Waals surface area (Å²) in [7, 11) is 0. The van der Waals surface area contributed by atoms with Crippen LogP contribution in [0.5, 0.6) is 11.5 Å². The Kier molecular flexibility index (Phi) is 5.23. The molecule has 20 heavy (non-hydrogen) atoms. The molecule has 5 N–H and O–H groups in total. The Bertz CT molecular complexity index is 419. The van der Waals surface area contributed by atoms with Gasteiger partial charge in [0.2, 0.25) is 0 Å². The fourth-order valence-electron chi connectivity index (χ4n) is 2.43. The standard InChI is InChI=1S/C15H24N2O3/c16-10-14(17)20-13-6-4-5-12(9-13)19-11-15(18)7-2-1-3-8-15/h4-6,9,14,18H,1-3,7-8,10-11,16-17H2/t14-/m0/s1. The number of benzene rings is 1. The van der Waals surface area contributed by atoms with Gasteiger partial charge in [-0.25, -0.2) is 0 Å². The van der Waals surface area contributed by atoms with Crippen LogP contribution in [0.25, 0.3) is 0 Å². The van der Waals surface area contributed by atoms with Crippen molar-refractivity contribution < 1.29 is 14.6 Å². The molecule has 1 atom stereocenters. The Balaban J connectivity index is 1.90. The third kappa shape index (κ3) is 4.37. The molecule has 5 nitrogen and oxygen atoms in total. The van der Waals surface area contributed by atoms with Crippen LogP contribution in [-0.2, 0) is 0 Å². The van der Waals surface area contributed by atoms with Crippen LogP contribution < -0.4 is 20.9 Å². The fraction of sp³-hybridized carbons (Fsp3) is 0.600. The van der Waals surface area contributed by atoms with E-state index in [-0.39, 0.29) is 6.54 Å². The Morgan fingerprint density at radius 2 is 1.90 bits per heavy atom. The van der Waals surface area contributed by atoms with Gasteiger partial charge in [-0.15, -0.1) is 0 Å². The first kappa shape index (κ1) is 15.1. The number of rotatable bonds is 6. The highest BCUT2D eigenvalue weighted by Crippen LogP contribution is 2.29. The van der Waals surface area contributed by atoms with E-state index >= 15 is 0 Å². The minimum absolute atomic E-state index is 0.255. The molecule has 0 aromatic heterocycles. The van der Waals surface area contributed by atoms with Crippen LogP contribution in [0.3, 0.4) is 0 Å². The third-order valence-electron chi connectivity index (χ3n) is 3.62. The average Bonchev–Trinajstić information content (AvgIpc) is 2.46. The smallest absolute Gasteiger partial charge is 0.160 e. The highest BCUT2D eigenvalue weighted by molar-refractivity contribution is 5.33. The maximum atomic E-state index is 10.4. The second-order valence-electron chi connectivity index (χ2n) is 5.44. The van der Waals surface area contributed by atoms with E-state index in [4.69, 9.17) is 20.9 Å². The summed E-state index contributed by atoms with van der Waals surface area (Å²) in [4.78, 5) is 0. The predicted octanol–water partition coefficient (Wildman–Crippen LogP) is 1.38. The number of hydrogen-bond acceptors (Lipinski definition) is 5. The van der Waals surface area contributed by atoms with E-state index in [1.165, 1.54) is 6.42 Å². The van der Waals surface area contributed by atoms with Crippen LogP contribution in [0, 0.1) is 0 Å². The molecule has 0 unspecified atom stereocenters. The zero-order valence-corrected chi connectivity index (χ0v) is 11.8. The average molecular weight is 280 g/mol. The molecule has 0 radical (unpaired) electrons. The molecule has 0 spiro atoms. The van der Waals surface area contributed by atoms with E-state index in [0.29, 0.717) is 18.1 Å². The Hall–Kier alpha value is -1.30. The van der Waals surface area contributed by atoms with Crippen LogP contribution in [0.15, 0.2) is 24.3 Å². The third-order valence-corrected chi connectivity index (χ3v) is 3.62. The lowest BCUT2D eigenvalue weighted by Gasteiger charge is -2.31. The van der Waals surface area contributed by atoms with Crippen LogP contribution >= 0.6 is 0 Å². The molecule has 0 saturated heterocycles. The lowest BCUT2D eigenvalue weighted by Crippen LogP contribution is -2.38. The number of aliphatic hydroxyl groups is 1. The van der Waals surface area contributed by atoms with Gasteiger partial charge in [0.05, 0.1) is 5.60 Å². The molecule has 0 aliphatic heterocycles. The Morgan fingerprint density at radius 1 is 1.20 bits per heavy atom. The molecule has 1 aromatic rings. The van der Waals surface area contributed by atoms with Crippen molar-refractivity contribution >= 4 is 0 Å². The van der Waals surface area contributed by atoms with Crippen LogP contribution in [-0.4, -0.2) is 30.1 Å². The van der Waals surface area contributed by atoms with Crippen molar-refractivity contribution in [2.45, 2.75) is 43.9 Å². The fourth-order valence-corrected chi connectivity index (χ4v) is 2.43. The summed E-state index contributed by atoms with van der Waals surface area (Å²) in [6.07, 6.45) is 4.42. The van der Waals surface area contributed by atoms with Crippen molar-refractivity contribution in [1.82, 2.24) is 0 Å². The number of hydrogen-bond donors (Lipinski definition) is 3. The Labute approximate surface area is 119 Å². The van der Waals surface area contributed by atoms with Gasteiger partial charge in [0.1, 0.15) is 18.1 Å². The summed E-state index contributed by atoms with van der Waals surface area (Å²) in [5.41, 5.74) is 10.4. The largest absolute Gasteiger partial charge is 0.490 e. The minimum atomic E-state index is -0.692. The molecule has 5 heteroatoms. The summed E-state index contributed by atoms with van der Waals surface area (Å²) in [6.45, 7) is 0.574. The SMILES string of the molecule is NC[C@@H](N)Oc1cccc(OCC2(O)CCCCC2)c1. The maximum Gasteiger partial charge on any atom is 0.160 e. The Morgan fingerprint density at radius 3 is 2.60 bits per heavy atom. The van der Waals surface area contributed by atoms with Gasteiger partial charge in [-0.3, -0.25) is 5.73 Å². The molecule has 1 saturated carbocycles. The van der Waals surface area contributed by atoms with Crippen molar-refractivity contribution in [2.75, 3.05) is 13.2 Å². The molecule has 1 aliphatic carbocycles. The van der Waals surface area contributed by atoms with Gasteiger partial charge >= 0.3 is 0 Å². The lowest BCUT2D eigenvalue weighted by atomic mass is 9.85. The molecule has 0 amide bonds. The molecule has 2 rings (SSSR count). The van der Waals surface area contributed by atoms with Crippen LogP contribution in [0.4, 0.5) is 0 Å². The summed E-state index contributed by atoms with van der Waals surface area (Å²) < 4.78 is 11.1. The second-order valence-corrected chi connectivity index (χ2v) is 5.44. The van der Waals surface area contributed by atoms with Crippen molar-refractivity contribution in [1.29, 1.82) is 0 Å². The summed E-state index contributed by atoms with van der Waals surface area (Å²) in [5.74, 6) is 1.29. The predicted molar refractivity (Wildman–Crippen MR) is 77.6 cm³/mol. The van der Waals surface area contributed by atoms with Gasteiger partial charge < -0.3 is 20.3 Å². The van der Waals surface area contributed by atoms with Crippen molar-refractivity contribution in [3.05, 3.63) is 24.3 Å².